The largest absolute Gasteiger partial charge is 0.368 e. The van der Waals surface area contributed by atoms with Crippen molar-refractivity contribution in [1.82, 2.24) is 25.1 Å². The molecule has 7 heteroatoms. The van der Waals surface area contributed by atoms with Crippen LogP contribution in [0.1, 0.15) is 18.3 Å². The number of anilines is 1. The molecule has 0 atom stereocenters. The van der Waals surface area contributed by atoms with E-state index in [-0.39, 0.29) is 11.2 Å². The zero-order valence-corrected chi connectivity index (χ0v) is 10.2. The molecule has 0 spiro atoms. The van der Waals surface area contributed by atoms with Crippen molar-refractivity contribution >= 4 is 17.5 Å². The van der Waals surface area contributed by atoms with Gasteiger partial charge in [0.25, 0.3) is 0 Å². The van der Waals surface area contributed by atoms with Crippen LogP contribution in [0.3, 0.4) is 0 Å². The molecule has 2 heterocycles. The lowest BCUT2D eigenvalue weighted by molar-refractivity contribution is 0.890. The Morgan fingerprint density at radius 3 is 2.65 bits per heavy atom. The third kappa shape index (κ3) is 2.47. The van der Waals surface area contributed by atoms with Gasteiger partial charge in [-0.05, 0) is 31.0 Å². The van der Waals surface area contributed by atoms with Crippen LogP contribution in [0.25, 0.3) is 11.4 Å². The Labute approximate surface area is 103 Å². The molecule has 0 saturated carbocycles. The van der Waals surface area contributed by atoms with Crippen molar-refractivity contribution in [2.45, 2.75) is 20.3 Å². The van der Waals surface area contributed by atoms with Crippen molar-refractivity contribution in [2.75, 3.05) is 5.73 Å². The van der Waals surface area contributed by atoms with Crippen LogP contribution < -0.4 is 5.73 Å². The van der Waals surface area contributed by atoms with Gasteiger partial charge >= 0.3 is 0 Å². The standard InChI is InChI=1S/C10H11ClN6/c1-3-7-6(4-5(2)16-17-7)8-13-9(11)15-10(12)14-8/h4H,3H2,1-2H3,(H2,12,13,14,15). The molecule has 2 N–H and O–H groups in total. The average Bonchev–Trinajstić information content (AvgIpc) is 2.27. The van der Waals surface area contributed by atoms with Gasteiger partial charge in [0.05, 0.1) is 11.4 Å². The Morgan fingerprint density at radius 1 is 1.24 bits per heavy atom. The number of nitrogens with two attached hydrogens (primary N) is 1. The molecule has 2 rings (SSSR count). The second-order valence-corrected chi connectivity index (χ2v) is 3.82. The molecule has 0 aliphatic rings. The molecule has 0 saturated heterocycles. The molecule has 0 aliphatic heterocycles. The molecule has 0 radical (unpaired) electrons. The van der Waals surface area contributed by atoms with E-state index in [0.717, 1.165) is 23.4 Å². The predicted octanol–water partition coefficient (Wildman–Crippen LogP) is 1.44. The lowest BCUT2D eigenvalue weighted by atomic mass is 10.1. The first-order valence-corrected chi connectivity index (χ1v) is 5.48. The summed E-state index contributed by atoms with van der Waals surface area (Å²) in [6.45, 7) is 3.83. The van der Waals surface area contributed by atoms with E-state index in [0.29, 0.717) is 5.82 Å². The van der Waals surface area contributed by atoms with Crippen molar-refractivity contribution in [1.29, 1.82) is 0 Å². The van der Waals surface area contributed by atoms with Crippen LogP contribution in [0.4, 0.5) is 5.95 Å². The van der Waals surface area contributed by atoms with Crippen LogP contribution in [0.2, 0.25) is 5.28 Å². The maximum Gasteiger partial charge on any atom is 0.227 e. The normalized spacial score (nSPS) is 10.5. The van der Waals surface area contributed by atoms with Gasteiger partial charge in [-0.2, -0.15) is 25.1 Å². The summed E-state index contributed by atoms with van der Waals surface area (Å²) in [7, 11) is 0. The van der Waals surface area contributed by atoms with E-state index in [1.807, 2.05) is 19.9 Å². The van der Waals surface area contributed by atoms with E-state index in [1.165, 1.54) is 0 Å². The summed E-state index contributed by atoms with van der Waals surface area (Å²) in [5, 5.41) is 8.17. The number of rotatable bonds is 2. The highest BCUT2D eigenvalue weighted by Crippen LogP contribution is 2.20. The van der Waals surface area contributed by atoms with Gasteiger partial charge in [0.1, 0.15) is 0 Å². The fourth-order valence-electron chi connectivity index (χ4n) is 1.45. The first-order valence-electron chi connectivity index (χ1n) is 5.10. The quantitative estimate of drug-likeness (QED) is 0.867. The van der Waals surface area contributed by atoms with E-state index in [9.17, 15) is 0 Å². The Bertz CT molecular complexity index is 536. The van der Waals surface area contributed by atoms with Crippen LogP contribution in [0, 0.1) is 6.92 Å². The Kier molecular flexibility index (Phi) is 3.14. The Hall–Kier alpha value is -1.82. The highest BCUT2D eigenvalue weighted by atomic mass is 35.5. The lowest BCUT2D eigenvalue weighted by Gasteiger charge is -2.06. The molecular weight excluding hydrogens is 240 g/mol. The van der Waals surface area contributed by atoms with Gasteiger partial charge in [-0.25, -0.2) is 0 Å². The molecule has 17 heavy (non-hydrogen) atoms. The van der Waals surface area contributed by atoms with Gasteiger partial charge in [0, 0.05) is 5.56 Å². The SMILES string of the molecule is CCc1nnc(C)cc1-c1nc(N)nc(Cl)n1. The molecule has 6 nitrogen and oxygen atoms in total. The maximum atomic E-state index is 5.76. The molecule has 0 aliphatic carbocycles. The van der Waals surface area contributed by atoms with E-state index in [4.69, 9.17) is 17.3 Å². The van der Waals surface area contributed by atoms with Crippen LogP contribution in [-0.4, -0.2) is 25.1 Å². The summed E-state index contributed by atoms with van der Waals surface area (Å²) in [6.07, 6.45) is 0.728. The number of halogens is 1. The van der Waals surface area contributed by atoms with Crippen molar-refractivity contribution < 1.29 is 0 Å². The molecule has 0 fully saturated rings. The second-order valence-electron chi connectivity index (χ2n) is 3.49. The first-order chi connectivity index (χ1) is 8.10. The molecule has 0 bridgehead atoms. The third-order valence-electron chi connectivity index (χ3n) is 2.19. The van der Waals surface area contributed by atoms with Crippen LogP contribution in [0.5, 0.6) is 0 Å². The minimum Gasteiger partial charge on any atom is -0.368 e. The maximum absolute atomic E-state index is 5.76. The number of hydrogen-bond donors (Lipinski definition) is 1. The number of nitrogen functional groups attached to an aromatic ring is 1. The summed E-state index contributed by atoms with van der Waals surface area (Å²) in [5.41, 5.74) is 7.92. The lowest BCUT2D eigenvalue weighted by Crippen LogP contribution is -2.04. The molecule has 0 amide bonds. The summed E-state index contributed by atoms with van der Waals surface area (Å²) in [5.74, 6) is 0.522. The topological polar surface area (TPSA) is 90.5 Å². The second kappa shape index (κ2) is 4.58. The molecular formula is C10H11ClN6. The van der Waals surface area contributed by atoms with Crippen molar-refractivity contribution in [3.8, 4) is 11.4 Å². The van der Waals surface area contributed by atoms with Gasteiger partial charge in [0.15, 0.2) is 5.82 Å². The molecule has 2 aromatic heterocycles. The molecule has 0 unspecified atom stereocenters. The summed E-state index contributed by atoms with van der Waals surface area (Å²) in [6, 6.07) is 1.86. The van der Waals surface area contributed by atoms with Crippen molar-refractivity contribution in [2.24, 2.45) is 0 Å². The summed E-state index contributed by atoms with van der Waals surface area (Å²) in [4.78, 5) is 11.8. The highest BCUT2D eigenvalue weighted by Gasteiger charge is 2.11. The Balaban J connectivity index is 2.62. The first kappa shape index (κ1) is 11.7. The third-order valence-corrected chi connectivity index (χ3v) is 2.36. The van der Waals surface area contributed by atoms with Gasteiger partial charge in [-0.1, -0.05) is 6.92 Å². The van der Waals surface area contributed by atoms with Crippen LogP contribution in [-0.2, 0) is 6.42 Å². The minimum atomic E-state index is 0.0732. The zero-order chi connectivity index (χ0) is 12.4. The number of aromatic nitrogens is 5. The smallest absolute Gasteiger partial charge is 0.227 e. The average molecular weight is 251 g/mol. The predicted molar refractivity (Wildman–Crippen MR) is 64.4 cm³/mol. The van der Waals surface area contributed by atoms with Gasteiger partial charge in [-0.15, -0.1) is 0 Å². The minimum absolute atomic E-state index is 0.0732. The van der Waals surface area contributed by atoms with Crippen molar-refractivity contribution in [3.63, 3.8) is 0 Å². The van der Waals surface area contributed by atoms with Crippen molar-refractivity contribution in [3.05, 3.63) is 22.7 Å². The summed E-state index contributed by atoms with van der Waals surface area (Å²) >= 11 is 5.76. The van der Waals surface area contributed by atoms with E-state index >= 15 is 0 Å². The number of nitrogens with zero attached hydrogens (tertiary/aromatic N) is 5. The fourth-order valence-corrected chi connectivity index (χ4v) is 1.62. The van der Waals surface area contributed by atoms with E-state index in [2.05, 4.69) is 25.1 Å². The van der Waals surface area contributed by atoms with Crippen LogP contribution >= 0.6 is 11.6 Å². The van der Waals surface area contributed by atoms with E-state index < -0.39 is 0 Å². The fraction of sp³-hybridized carbons (Fsp3) is 0.300. The van der Waals surface area contributed by atoms with E-state index in [1.54, 1.807) is 0 Å². The highest BCUT2D eigenvalue weighted by molar-refractivity contribution is 6.28. The number of hydrogen-bond acceptors (Lipinski definition) is 6. The van der Waals surface area contributed by atoms with Crippen LogP contribution in [0.15, 0.2) is 6.07 Å². The molecule has 0 aromatic carbocycles. The van der Waals surface area contributed by atoms with Gasteiger partial charge in [0.2, 0.25) is 11.2 Å². The molecule has 88 valence electrons. The number of aryl methyl sites for hydroxylation is 2. The zero-order valence-electron chi connectivity index (χ0n) is 9.48. The molecule has 2 aromatic rings. The summed E-state index contributed by atoms with van der Waals surface area (Å²) < 4.78 is 0. The Morgan fingerprint density at radius 2 is 2.00 bits per heavy atom. The monoisotopic (exact) mass is 250 g/mol. The van der Waals surface area contributed by atoms with Gasteiger partial charge < -0.3 is 5.73 Å². The van der Waals surface area contributed by atoms with Gasteiger partial charge in [-0.3, -0.25) is 0 Å².